The highest BCUT2D eigenvalue weighted by Gasteiger charge is 2.07. The lowest BCUT2D eigenvalue weighted by atomic mass is 10.3. The zero-order valence-corrected chi connectivity index (χ0v) is 12.2. The molecule has 2 N–H and O–H groups in total. The van der Waals surface area contributed by atoms with Crippen molar-refractivity contribution in [3.05, 3.63) is 54.6 Å². The number of para-hydroxylation sites is 1. The molecule has 0 aliphatic carbocycles. The Kier molecular flexibility index (Phi) is 4.01. The summed E-state index contributed by atoms with van der Waals surface area (Å²) in [6.45, 7) is 0. The van der Waals surface area contributed by atoms with Gasteiger partial charge in [0, 0.05) is 11.4 Å². The van der Waals surface area contributed by atoms with Crippen molar-refractivity contribution >= 4 is 30.0 Å². The van der Waals surface area contributed by atoms with Crippen LogP contribution in [0.3, 0.4) is 0 Å². The number of aromatic nitrogens is 4. The number of tetrazole rings is 1. The van der Waals surface area contributed by atoms with Crippen LogP contribution < -0.4 is 10.6 Å². The summed E-state index contributed by atoms with van der Waals surface area (Å²) in [5, 5.41) is 16.9. The number of anilines is 2. The van der Waals surface area contributed by atoms with E-state index in [2.05, 4.69) is 38.8 Å². The highest BCUT2D eigenvalue weighted by molar-refractivity contribution is 7.80. The van der Waals surface area contributed by atoms with Crippen molar-refractivity contribution in [2.45, 2.75) is 5.16 Å². The summed E-state index contributed by atoms with van der Waals surface area (Å²) >= 11 is 4.16. The lowest BCUT2D eigenvalue weighted by Crippen LogP contribution is -2.19. The minimum Gasteiger partial charge on any atom is -0.308 e. The first-order chi connectivity index (χ1) is 10.7. The second-order valence-electron chi connectivity index (χ2n) is 4.39. The molecule has 0 spiro atoms. The lowest BCUT2D eigenvalue weighted by Gasteiger charge is -2.09. The predicted octanol–water partition coefficient (Wildman–Crippen LogP) is 2.59. The maximum absolute atomic E-state index is 12.0. The van der Waals surface area contributed by atoms with Crippen LogP contribution in [-0.2, 0) is 0 Å². The number of carbonyl (C=O) groups is 1. The van der Waals surface area contributed by atoms with Gasteiger partial charge >= 0.3 is 6.03 Å². The molecule has 3 rings (SSSR count). The number of nitrogens with one attached hydrogen (secondary N) is 2. The topological polar surface area (TPSA) is 84.7 Å². The monoisotopic (exact) mass is 312 g/mol. The Morgan fingerprint density at radius 3 is 2.45 bits per heavy atom. The van der Waals surface area contributed by atoms with Crippen molar-refractivity contribution in [1.82, 2.24) is 20.2 Å². The van der Waals surface area contributed by atoms with Gasteiger partial charge in [-0.1, -0.05) is 24.3 Å². The van der Waals surface area contributed by atoms with E-state index in [0.29, 0.717) is 22.2 Å². The average Bonchev–Trinajstić information content (AvgIpc) is 2.94. The van der Waals surface area contributed by atoms with Gasteiger partial charge in [0.05, 0.1) is 5.69 Å². The van der Waals surface area contributed by atoms with Crippen molar-refractivity contribution < 1.29 is 4.79 Å². The fraction of sp³-hybridized carbons (Fsp3) is 0. The number of rotatable bonds is 3. The summed E-state index contributed by atoms with van der Waals surface area (Å²) in [7, 11) is 0. The Bertz CT molecular complexity index is 789. The van der Waals surface area contributed by atoms with Gasteiger partial charge in [-0.05, 0) is 40.8 Å². The molecule has 0 aliphatic rings. The molecule has 0 atom stereocenters. The Morgan fingerprint density at radius 1 is 1.00 bits per heavy atom. The summed E-state index contributed by atoms with van der Waals surface area (Å²) in [6, 6.07) is 16.0. The summed E-state index contributed by atoms with van der Waals surface area (Å²) in [6.07, 6.45) is 0. The molecule has 8 heteroatoms. The van der Waals surface area contributed by atoms with Crippen LogP contribution in [0.5, 0.6) is 0 Å². The number of hydrogen-bond donors (Lipinski definition) is 3. The predicted molar refractivity (Wildman–Crippen MR) is 85.5 cm³/mol. The van der Waals surface area contributed by atoms with Crippen LogP contribution >= 0.6 is 12.6 Å². The molecule has 0 saturated carbocycles. The highest BCUT2D eigenvalue weighted by Crippen LogP contribution is 2.16. The largest absolute Gasteiger partial charge is 0.323 e. The van der Waals surface area contributed by atoms with Gasteiger partial charge in [0.25, 0.3) is 0 Å². The number of hydrogen-bond acceptors (Lipinski definition) is 5. The quantitative estimate of drug-likeness (QED) is 0.649. The molecule has 2 aromatic carbocycles. The fourth-order valence-corrected chi connectivity index (χ4v) is 2.08. The van der Waals surface area contributed by atoms with Crippen molar-refractivity contribution in [3.63, 3.8) is 0 Å². The van der Waals surface area contributed by atoms with E-state index in [1.807, 2.05) is 36.4 Å². The molecular formula is C14H12N6OS. The van der Waals surface area contributed by atoms with E-state index in [-0.39, 0.29) is 6.03 Å². The lowest BCUT2D eigenvalue weighted by molar-refractivity contribution is 0.262. The van der Waals surface area contributed by atoms with Gasteiger partial charge in [0.1, 0.15) is 0 Å². The number of carbonyl (C=O) groups excluding carboxylic acids is 1. The zero-order valence-electron chi connectivity index (χ0n) is 11.3. The Balaban J connectivity index is 1.73. The fourth-order valence-electron chi connectivity index (χ4n) is 1.88. The molecule has 0 radical (unpaired) electrons. The van der Waals surface area contributed by atoms with E-state index in [1.165, 1.54) is 4.68 Å². The first-order valence-electron chi connectivity index (χ1n) is 6.43. The Labute approximate surface area is 131 Å². The molecule has 3 aromatic rings. The van der Waals surface area contributed by atoms with Gasteiger partial charge in [0.2, 0.25) is 5.16 Å². The van der Waals surface area contributed by atoms with Gasteiger partial charge in [-0.2, -0.15) is 4.68 Å². The average molecular weight is 312 g/mol. The van der Waals surface area contributed by atoms with Crippen LogP contribution in [0.2, 0.25) is 0 Å². The van der Waals surface area contributed by atoms with Crippen LogP contribution in [0.1, 0.15) is 0 Å². The van der Waals surface area contributed by atoms with E-state index in [9.17, 15) is 4.79 Å². The maximum atomic E-state index is 12.0. The zero-order chi connectivity index (χ0) is 15.4. The van der Waals surface area contributed by atoms with Gasteiger partial charge in [-0.25, -0.2) is 4.79 Å². The molecule has 0 fully saturated rings. The van der Waals surface area contributed by atoms with Gasteiger partial charge in [0.15, 0.2) is 0 Å². The Hall–Kier alpha value is -2.87. The molecule has 0 bridgehead atoms. The van der Waals surface area contributed by atoms with Crippen LogP contribution in [0, 0.1) is 0 Å². The van der Waals surface area contributed by atoms with E-state index in [1.54, 1.807) is 18.2 Å². The van der Waals surface area contributed by atoms with Crippen LogP contribution in [0.15, 0.2) is 59.8 Å². The third kappa shape index (κ3) is 3.23. The van der Waals surface area contributed by atoms with Gasteiger partial charge in [-0.3, -0.25) is 0 Å². The minimum absolute atomic E-state index is 0.328. The van der Waals surface area contributed by atoms with Crippen molar-refractivity contribution in [2.24, 2.45) is 0 Å². The number of amides is 2. The number of urea groups is 1. The summed E-state index contributed by atoms with van der Waals surface area (Å²) in [4.78, 5) is 12.0. The first-order valence-corrected chi connectivity index (χ1v) is 6.88. The molecule has 0 saturated heterocycles. The van der Waals surface area contributed by atoms with E-state index >= 15 is 0 Å². The molecule has 0 unspecified atom stereocenters. The normalized spacial score (nSPS) is 10.2. The van der Waals surface area contributed by atoms with Crippen LogP contribution in [-0.4, -0.2) is 26.2 Å². The summed E-state index contributed by atoms with van der Waals surface area (Å²) < 4.78 is 1.46. The minimum atomic E-state index is -0.328. The Morgan fingerprint density at radius 2 is 1.73 bits per heavy atom. The second-order valence-corrected chi connectivity index (χ2v) is 4.79. The van der Waals surface area contributed by atoms with Crippen LogP contribution in [0.25, 0.3) is 5.69 Å². The second kappa shape index (κ2) is 6.27. The van der Waals surface area contributed by atoms with Crippen molar-refractivity contribution in [2.75, 3.05) is 10.6 Å². The smallest absolute Gasteiger partial charge is 0.308 e. The summed E-state index contributed by atoms with van der Waals surface area (Å²) in [5.74, 6) is 0. The highest BCUT2D eigenvalue weighted by atomic mass is 32.1. The molecule has 1 aromatic heterocycles. The van der Waals surface area contributed by atoms with Gasteiger partial charge in [-0.15, -0.1) is 17.7 Å². The van der Waals surface area contributed by atoms with Crippen LogP contribution in [0.4, 0.5) is 16.2 Å². The van der Waals surface area contributed by atoms with Gasteiger partial charge < -0.3 is 10.6 Å². The first kappa shape index (κ1) is 14.1. The molecular weight excluding hydrogens is 300 g/mol. The molecule has 0 aliphatic heterocycles. The molecule has 7 nitrogen and oxygen atoms in total. The number of benzene rings is 2. The standard InChI is InChI=1S/C14H12N6OS/c21-13(15-10-5-2-1-3-6-10)16-11-7-4-8-12(9-11)20-14(22)17-18-19-20/h1-9H,(H2,15,16,21)(H,17,19,22). The van der Waals surface area contributed by atoms with E-state index < -0.39 is 0 Å². The van der Waals surface area contributed by atoms with E-state index in [4.69, 9.17) is 0 Å². The molecule has 2 amide bonds. The van der Waals surface area contributed by atoms with Crippen molar-refractivity contribution in [1.29, 1.82) is 0 Å². The molecule has 22 heavy (non-hydrogen) atoms. The number of nitrogens with zero attached hydrogens (tertiary/aromatic N) is 4. The molecule has 1 heterocycles. The van der Waals surface area contributed by atoms with Crippen molar-refractivity contribution in [3.8, 4) is 5.69 Å². The SMILES string of the molecule is O=C(Nc1ccccc1)Nc1cccc(-n2nnnc2S)c1. The number of thiol groups is 1. The third-order valence-electron chi connectivity index (χ3n) is 2.83. The maximum Gasteiger partial charge on any atom is 0.323 e. The van der Waals surface area contributed by atoms with E-state index in [0.717, 1.165) is 0 Å². The third-order valence-corrected chi connectivity index (χ3v) is 3.11. The molecule has 110 valence electrons. The summed E-state index contributed by atoms with van der Waals surface area (Å²) in [5.41, 5.74) is 2.04.